The van der Waals surface area contributed by atoms with Gasteiger partial charge in [-0.3, -0.25) is 9.59 Å². The van der Waals surface area contributed by atoms with Crippen LogP contribution in [-0.4, -0.2) is 11.8 Å². The van der Waals surface area contributed by atoms with Crippen molar-refractivity contribution in [1.29, 1.82) is 0 Å². The minimum absolute atomic E-state index is 0.224. The number of furan rings is 2. The van der Waals surface area contributed by atoms with E-state index in [0.29, 0.717) is 11.5 Å². The van der Waals surface area contributed by atoms with Gasteiger partial charge in [-0.15, -0.1) is 0 Å². The van der Waals surface area contributed by atoms with Gasteiger partial charge in [0, 0.05) is 23.5 Å². The molecule has 0 aliphatic rings. The first-order valence-corrected chi connectivity index (χ1v) is 11.2. The zero-order valence-corrected chi connectivity index (χ0v) is 19.6. The Morgan fingerprint density at radius 3 is 1.37 bits per heavy atom. The molecule has 4 rings (SSSR count). The second-order valence-corrected chi connectivity index (χ2v) is 8.11. The first kappa shape index (κ1) is 23.6. The Hall–Kier alpha value is -4.58. The number of benzene rings is 2. The van der Waals surface area contributed by atoms with Gasteiger partial charge in [-0.05, 0) is 92.1 Å². The number of aryl methyl sites for hydroxylation is 2. The lowest BCUT2D eigenvalue weighted by Gasteiger charge is -2.07. The summed E-state index contributed by atoms with van der Waals surface area (Å²) < 4.78 is 10.8. The molecule has 176 valence electrons. The third kappa shape index (κ3) is 7.20. The summed E-state index contributed by atoms with van der Waals surface area (Å²) in [6, 6.07) is 22.7. The standard InChI is InChI=1S/C29H26N2O4/c1-20-3-13-26(34-20)15-17-28(32)30-24-9-5-22(6-10-24)19-23-7-11-25(12-8-23)31-29(33)18-16-27-14-4-21(2)35-27/h3-18H,19H2,1-2H3,(H,30,32)(H,31,33). The van der Waals surface area contributed by atoms with Crippen LogP contribution in [0, 0.1) is 13.8 Å². The summed E-state index contributed by atoms with van der Waals surface area (Å²) in [6.45, 7) is 3.71. The number of hydrogen-bond acceptors (Lipinski definition) is 4. The number of carbonyl (C=O) groups is 2. The molecule has 0 spiro atoms. The Bertz CT molecular complexity index is 1250. The molecule has 0 saturated carbocycles. The van der Waals surface area contributed by atoms with E-state index in [0.717, 1.165) is 40.4 Å². The fraction of sp³-hybridized carbons (Fsp3) is 0.103. The summed E-state index contributed by atoms with van der Waals surface area (Å²) in [4.78, 5) is 24.2. The van der Waals surface area contributed by atoms with Crippen molar-refractivity contribution >= 4 is 35.3 Å². The smallest absolute Gasteiger partial charge is 0.248 e. The fourth-order valence-electron chi connectivity index (χ4n) is 3.42. The highest BCUT2D eigenvalue weighted by molar-refractivity contribution is 6.02. The highest BCUT2D eigenvalue weighted by Crippen LogP contribution is 2.17. The van der Waals surface area contributed by atoms with E-state index in [1.54, 1.807) is 12.2 Å². The first-order valence-electron chi connectivity index (χ1n) is 11.2. The zero-order valence-electron chi connectivity index (χ0n) is 19.6. The Balaban J connectivity index is 1.26. The van der Waals surface area contributed by atoms with Gasteiger partial charge in [-0.2, -0.15) is 0 Å². The quantitative estimate of drug-likeness (QED) is 0.295. The minimum atomic E-state index is -0.224. The lowest BCUT2D eigenvalue weighted by molar-refractivity contribution is -0.112. The molecule has 2 aromatic carbocycles. The molecule has 0 bridgehead atoms. The van der Waals surface area contributed by atoms with Crippen LogP contribution in [0.5, 0.6) is 0 Å². The molecule has 2 N–H and O–H groups in total. The number of carbonyl (C=O) groups excluding carboxylic acids is 2. The van der Waals surface area contributed by atoms with Crippen LogP contribution in [0.4, 0.5) is 11.4 Å². The molecule has 4 aromatic rings. The van der Waals surface area contributed by atoms with Gasteiger partial charge < -0.3 is 19.5 Å². The predicted octanol–water partition coefficient (Wildman–Crippen LogP) is 6.38. The first-order chi connectivity index (χ1) is 16.9. The number of anilines is 2. The predicted molar refractivity (Wildman–Crippen MR) is 138 cm³/mol. The van der Waals surface area contributed by atoms with E-state index in [1.807, 2.05) is 86.6 Å². The number of hydrogen-bond donors (Lipinski definition) is 2. The van der Waals surface area contributed by atoms with Gasteiger partial charge in [0.05, 0.1) is 0 Å². The Labute approximate surface area is 204 Å². The summed E-state index contributed by atoms with van der Waals surface area (Å²) in [6.07, 6.45) is 6.90. The zero-order chi connectivity index (χ0) is 24.6. The van der Waals surface area contributed by atoms with E-state index in [2.05, 4.69) is 10.6 Å². The van der Waals surface area contributed by atoms with E-state index in [9.17, 15) is 9.59 Å². The van der Waals surface area contributed by atoms with Gasteiger partial charge in [0.15, 0.2) is 0 Å². The van der Waals surface area contributed by atoms with Crippen molar-refractivity contribution in [2.24, 2.45) is 0 Å². The van der Waals surface area contributed by atoms with Crippen molar-refractivity contribution < 1.29 is 18.4 Å². The molecule has 0 unspecified atom stereocenters. The van der Waals surface area contributed by atoms with Gasteiger partial charge in [0.2, 0.25) is 11.8 Å². The molecule has 0 saturated heterocycles. The Morgan fingerprint density at radius 1 is 0.629 bits per heavy atom. The Kier molecular flexibility index (Phi) is 7.43. The largest absolute Gasteiger partial charge is 0.462 e. The molecule has 35 heavy (non-hydrogen) atoms. The van der Waals surface area contributed by atoms with Gasteiger partial charge in [-0.25, -0.2) is 0 Å². The van der Waals surface area contributed by atoms with Gasteiger partial charge in [0.1, 0.15) is 23.0 Å². The van der Waals surface area contributed by atoms with Crippen molar-refractivity contribution in [3.63, 3.8) is 0 Å². The summed E-state index contributed by atoms with van der Waals surface area (Å²) in [5, 5.41) is 5.68. The van der Waals surface area contributed by atoms with E-state index in [1.165, 1.54) is 12.2 Å². The van der Waals surface area contributed by atoms with Gasteiger partial charge >= 0.3 is 0 Å². The van der Waals surface area contributed by atoms with Crippen molar-refractivity contribution in [3.8, 4) is 0 Å². The summed E-state index contributed by atoms with van der Waals surface area (Å²) in [7, 11) is 0. The second-order valence-electron chi connectivity index (χ2n) is 8.11. The molecule has 0 aliphatic carbocycles. The van der Waals surface area contributed by atoms with Crippen molar-refractivity contribution in [2.45, 2.75) is 20.3 Å². The van der Waals surface area contributed by atoms with E-state index < -0.39 is 0 Å². The monoisotopic (exact) mass is 466 g/mol. The van der Waals surface area contributed by atoms with Crippen molar-refractivity contribution in [1.82, 2.24) is 0 Å². The second kappa shape index (κ2) is 11.0. The summed E-state index contributed by atoms with van der Waals surface area (Å²) in [5.74, 6) is 2.43. The topological polar surface area (TPSA) is 84.5 Å². The number of rotatable bonds is 8. The lowest BCUT2D eigenvalue weighted by atomic mass is 10.0. The summed E-state index contributed by atoms with van der Waals surface area (Å²) in [5.41, 5.74) is 3.65. The third-order valence-corrected chi connectivity index (χ3v) is 5.17. The van der Waals surface area contributed by atoms with Crippen molar-refractivity contribution in [2.75, 3.05) is 10.6 Å². The fourth-order valence-corrected chi connectivity index (χ4v) is 3.42. The number of nitrogens with one attached hydrogen (secondary N) is 2. The van der Waals surface area contributed by atoms with Crippen LogP contribution in [0.2, 0.25) is 0 Å². The highest BCUT2D eigenvalue weighted by Gasteiger charge is 2.03. The Morgan fingerprint density at radius 2 is 1.03 bits per heavy atom. The van der Waals surface area contributed by atoms with E-state index >= 15 is 0 Å². The average molecular weight is 467 g/mol. The van der Waals surface area contributed by atoms with E-state index in [4.69, 9.17) is 8.83 Å². The van der Waals surface area contributed by atoms with Gasteiger partial charge in [-0.1, -0.05) is 24.3 Å². The molecule has 0 atom stereocenters. The maximum absolute atomic E-state index is 12.1. The van der Waals surface area contributed by atoms with Crippen LogP contribution in [-0.2, 0) is 16.0 Å². The third-order valence-electron chi connectivity index (χ3n) is 5.17. The molecular weight excluding hydrogens is 440 g/mol. The molecule has 2 aromatic heterocycles. The molecule has 0 fully saturated rings. The average Bonchev–Trinajstić information content (AvgIpc) is 3.46. The maximum atomic E-state index is 12.1. The van der Waals surface area contributed by atoms with Crippen LogP contribution in [0.15, 0.2) is 93.8 Å². The van der Waals surface area contributed by atoms with Crippen LogP contribution in [0.3, 0.4) is 0 Å². The van der Waals surface area contributed by atoms with Crippen LogP contribution in [0.25, 0.3) is 12.2 Å². The maximum Gasteiger partial charge on any atom is 0.248 e. The molecule has 6 nitrogen and oxygen atoms in total. The summed E-state index contributed by atoms with van der Waals surface area (Å²) >= 11 is 0. The normalized spacial score (nSPS) is 11.3. The molecular formula is C29H26N2O4. The molecule has 0 aliphatic heterocycles. The molecule has 2 heterocycles. The van der Waals surface area contributed by atoms with Crippen LogP contribution >= 0.6 is 0 Å². The molecule has 0 radical (unpaired) electrons. The van der Waals surface area contributed by atoms with Crippen molar-refractivity contribution in [3.05, 3.63) is 119 Å². The van der Waals surface area contributed by atoms with Crippen LogP contribution in [0.1, 0.15) is 34.2 Å². The van der Waals surface area contributed by atoms with Gasteiger partial charge in [0.25, 0.3) is 0 Å². The lowest BCUT2D eigenvalue weighted by Crippen LogP contribution is -2.07. The highest BCUT2D eigenvalue weighted by atomic mass is 16.3. The van der Waals surface area contributed by atoms with E-state index in [-0.39, 0.29) is 11.8 Å². The number of amides is 2. The SMILES string of the molecule is Cc1ccc(C=CC(=O)Nc2ccc(Cc3ccc(NC(=O)C=Cc4ccc(C)o4)cc3)cc2)o1. The molecule has 2 amide bonds. The minimum Gasteiger partial charge on any atom is -0.462 e. The molecule has 6 heteroatoms. The van der Waals surface area contributed by atoms with Crippen LogP contribution < -0.4 is 10.6 Å².